The number of Topliss-reactive ketones (excluding diaryl/α,β-unsaturated/α-hetero) is 1. The van der Waals surface area contributed by atoms with Crippen LogP contribution in [0.3, 0.4) is 0 Å². The second-order valence-corrected chi connectivity index (χ2v) is 6.92. The van der Waals surface area contributed by atoms with Gasteiger partial charge in [0.2, 0.25) is 5.78 Å². The molecule has 0 unspecified atom stereocenters. The summed E-state index contributed by atoms with van der Waals surface area (Å²) < 4.78 is 17.7. The molecule has 0 amide bonds. The number of carbonyl (C=O) groups is 2. The van der Waals surface area contributed by atoms with Crippen LogP contribution in [-0.2, 0) is 11.3 Å². The lowest BCUT2D eigenvalue weighted by molar-refractivity contribution is 0.0471. The number of hydrogen-bond acceptors (Lipinski definition) is 5. The van der Waals surface area contributed by atoms with Crippen LogP contribution in [0.15, 0.2) is 54.6 Å². The molecule has 3 aromatic rings. The fourth-order valence-corrected chi connectivity index (χ4v) is 3.35. The molecule has 0 saturated heterocycles. The number of nitrogens with zero attached hydrogens (tertiary/aromatic N) is 1. The van der Waals surface area contributed by atoms with Crippen molar-refractivity contribution >= 4 is 11.8 Å². The molecule has 0 bridgehead atoms. The fourth-order valence-electron chi connectivity index (χ4n) is 3.35. The van der Waals surface area contributed by atoms with E-state index in [1.165, 1.54) is 20.3 Å². The topological polar surface area (TPSA) is 66.8 Å². The standard InChI is InChI=1S/C24H25NO5/c1-16-12-20(17(2)25(16)14-18-8-6-5-7-9-18)22(26)15-30-24(27)21-13-19(28-3)10-11-23(21)29-4/h5-13H,14-15H2,1-4H3. The molecule has 3 rings (SSSR count). The van der Waals surface area contributed by atoms with Crippen LogP contribution in [0, 0.1) is 13.8 Å². The summed E-state index contributed by atoms with van der Waals surface area (Å²) in [6.45, 7) is 4.18. The van der Waals surface area contributed by atoms with Crippen LogP contribution in [-0.4, -0.2) is 37.1 Å². The van der Waals surface area contributed by atoms with Crippen LogP contribution in [0.4, 0.5) is 0 Å². The zero-order valence-corrected chi connectivity index (χ0v) is 17.6. The van der Waals surface area contributed by atoms with Gasteiger partial charge < -0.3 is 18.8 Å². The van der Waals surface area contributed by atoms with Crippen LogP contribution in [0.5, 0.6) is 11.5 Å². The Labute approximate surface area is 176 Å². The van der Waals surface area contributed by atoms with Gasteiger partial charge in [0.05, 0.1) is 14.2 Å². The summed E-state index contributed by atoms with van der Waals surface area (Å²) in [5.41, 5.74) is 3.72. The van der Waals surface area contributed by atoms with Gasteiger partial charge in [0.1, 0.15) is 17.1 Å². The Balaban J connectivity index is 1.73. The van der Waals surface area contributed by atoms with Gasteiger partial charge in [-0.2, -0.15) is 0 Å². The Kier molecular flexibility index (Phi) is 6.57. The summed E-state index contributed by atoms with van der Waals surface area (Å²) in [4.78, 5) is 25.3. The van der Waals surface area contributed by atoms with Crippen molar-refractivity contribution < 1.29 is 23.8 Å². The third-order valence-electron chi connectivity index (χ3n) is 5.02. The maximum absolute atomic E-state index is 12.8. The number of methoxy groups -OCH3 is 2. The quantitative estimate of drug-likeness (QED) is 0.413. The van der Waals surface area contributed by atoms with Gasteiger partial charge in [0, 0.05) is 23.5 Å². The van der Waals surface area contributed by atoms with E-state index in [1.54, 1.807) is 12.1 Å². The average Bonchev–Trinajstić information content (AvgIpc) is 3.05. The predicted octanol–water partition coefficient (Wildman–Crippen LogP) is 4.21. The number of aromatic nitrogens is 1. The molecule has 2 aromatic carbocycles. The first-order chi connectivity index (χ1) is 14.4. The maximum atomic E-state index is 12.8. The van der Waals surface area contributed by atoms with Crippen LogP contribution in [0.1, 0.15) is 37.7 Å². The van der Waals surface area contributed by atoms with E-state index in [4.69, 9.17) is 14.2 Å². The third-order valence-corrected chi connectivity index (χ3v) is 5.02. The maximum Gasteiger partial charge on any atom is 0.342 e. The van der Waals surface area contributed by atoms with Gasteiger partial charge in [-0.1, -0.05) is 30.3 Å². The molecule has 0 fully saturated rings. The number of aryl methyl sites for hydroxylation is 1. The highest BCUT2D eigenvalue weighted by Crippen LogP contribution is 2.25. The highest BCUT2D eigenvalue weighted by Gasteiger charge is 2.20. The van der Waals surface area contributed by atoms with E-state index in [-0.39, 0.29) is 18.0 Å². The van der Waals surface area contributed by atoms with Gasteiger partial charge in [0.15, 0.2) is 6.61 Å². The van der Waals surface area contributed by atoms with Crippen LogP contribution in [0.2, 0.25) is 0 Å². The van der Waals surface area contributed by atoms with Crippen molar-refractivity contribution in [3.63, 3.8) is 0 Å². The van der Waals surface area contributed by atoms with E-state index < -0.39 is 5.97 Å². The summed E-state index contributed by atoms with van der Waals surface area (Å²) in [5.74, 6) is -0.0392. The fraction of sp³-hybridized carbons (Fsp3) is 0.250. The Morgan fingerprint density at radius 1 is 0.900 bits per heavy atom. The molecule has 0 aliphatic rings. The molecule has 30 heavy (non-hydrogen) atoms. The smallest absolute Gasteiger partial charge is 0.342 e. The first-order valence-corrected chi connectivity index (χ1v) is 9.57. The minimum Gasteiger partial charge on any atom is -0.497 e. The normalized spacial score (nSPS) is 10.5. The predicted molar refractivity (Wildman–Crippen MR) is 114 cm³/mol. The van der Waals surface area contributed by atoms with Gasteiger partial charge in [0.25, 0.3) is 0 Å². The van der Waals surface area contributed by atoms with Crippen molar-refractivity contribution in [2.24, 2.45) is 0 Å². The molecule has 0 atom stereocenters. The second kappa shape index (κ2) is 9.31. The van der Waals surface area contributed by atoms with Gasteiger partial charge in [-0.25, -0.2) is 4.79 Å². The molecule has 0 N–H and O–H groups in total. The van der Waals surface area contributed by atoms with E-state index in [2.05, 4.69) is 4.57 Å². The molecule has 156 valence electrons. The van der Waals surface area contributed by atoms with Crippen molar-refractivity contribution in [3.8, 4) is 11.5 Å². The zero-order chi connectivity index (χ0) is 21.7. The second-order valence-electron chi connectivity index (χ2n) is 6.92. The molecular formula is C24H25NO5. The van der Waals surface area contributed by atoms with Crippen molar-refractivity contribution in [1.82, 2.24) is 4.57 Å². The molecule has 1 aromatic heterocycles. The van der Waals surface area contributed by atoms with Gasteiger partial charge in [-0.3, -0.25) is 4.79 Å². The summed E-state index contributed by atoms with van der Waals surface area (Å²) in [7, 11) is 2.97. The number of benzene rings is 2. The van der Waals surface area contributed by atoms with Crippen LogP contribution in [0.25, 0.3) is 0 Å². The summed E-state index contributed by atoms with van der Waals surface area (Å²) in [6, 6.07) is 16.7. The molecule has 0 spiro atoms. The zero-order valence-electron chi connectivity index (χ0n) is 17.6. The van der Waals surface area contributed by atoms with Gasteiger partial charge in [-0.15, -0.1) is 0 Å². The minimum absolute atomic E-state index is 0.208. The highest BCUT2D eigenvalue weighted by atomic mass is 16.5. The Morgan fingerprint density at radius 2 is 1.63 bits per heavy atom. The van der Waals surface area contributed by atoms with Crippen molar-refractivity contribution in [3.05, 3.63) is 82.7 Å². The molecule has 6 nitrogen and oxygen atoms in total. The van der Waals surface area contributed by atoms with E-state index in [1.807, 2.05) is 50.2 Å². The van der Waals surface area contributed by atoms with E-state index in [0.717, 1.165) is 17.0 Å². The molecule has 0 radical (unpaired) electrons. The third kappa shape index (κ3) is 4.54. The highest BCUT2D eigenvalue weighted by molar-refractivity contribution is 6.01. The number of esters is 1. The number of rotatable bonds is 8. The first kappa shape index (κ1) is 21.2. The van der Waals surface area contributed by atoms with Crippen molar-refractivity contribution in [2.75, 3.05) is 20.8 Å². The molecule has 1 heterocycles. The van der Waals surface area contributed by atoms with E-state index >= 15 is 0 Å². The summed E-state index contributed by atoms with van der Waals surface area (Å²) >= 11 is 0. The average molecular weight is 407 g/mol. The lowest BCUT2D eigenvalue weighted by Crippen LogP contribution is -2.16. The molecule has 6 heteroatoms. The molecule has 0 aliphatic carbocycles. The van der Waals surface area contributed by atoms with Gasteiger partial charge in [-0.05, 0) is 43.7 Å². The lowest BCUT2D eigenvalue weighted by Gasteiger charge is -2.11. The summed E-state index contributed by atoms with van der Waals surface area (Å²) in [6.07, 6.45) is 0. The largest absolute Gasteiger partial charge is 0.497 e. The monoisotopic (exact) mass is 407 g/mol. The lowest BCUT2D eigenvalue weighted by atomic mass is 10.1. The van der Waals surface area contributed by atoms with Crippen LogP contribution < -0.4 is 9.47 Å². The van der Waals surface area contributed by atoms with Crippen molar-refractivity contribution in [1.29, 1.82) is 0 Å². The number of carbonyl (C=O) groups excluding carboxylic acids is 2. The Bertz CT molecular complexity index is 1050. The SMILES string of the molecule is COc1ccc(OC)c(C(=O)OCC(=O)c2cc(C)n(Cc3ccccc3)c2C)c1. The molecule has 0 aliphatic heterocycles. The summed E-state index contributed by atoms with van der Waals surface area (Å²) in [5, 5.41) is 0. The number of ketones is 1. The number of hydrogen-bond donors (Lipinski definition) is 0. The van der Waals surface area contributed by atoms with Crippen molar-refractivity contribution in [2.45, 2.75) is 20.4 Å². The Hall–Kier alpha value is -3.54. The first-order valence-electron chi connectivity index (χ1n) is 9.57. The Morgan fingerprint density at radius 3 is 2.30 bits per heavy atom. The molecular weight excluding hydrogens is 382 g/mol. The van der Waals surface area contributed by atoms with Gasteiger partial charge >= 0.3 is 5.97 Å². The number of ether oxygens (including phenoxy) is 3. The van der Waals surface area contributed by atoms with Crippen LogP contribution >= 0.6 is 0 Å². The van der Waals surface area contributed by atoms with E-state index in [9.17, 15) is 9.59 Å². The minimum atomic E-state index is -0.641. The molecule has 0 saturated carbocycles. The van der Waals surface area contributed by atoms with E-state index in [0.29, 0.717) is 23.6 Å².